The zero-order valence-electron chi connectivity index (χ0n) is 13.0. The third-order valence-electron chi connectivity index (χ3n) is 3.30. The summed E-state index contributed by atoms with van der Waals surface area (Å²) in [5.41, 5.74) is 0.634. The third-order valence-corrected chi connectivity index (χ3v) is 3.52. The second-order valence-electron chi connectivity index (χ2n) is 4.85. The molecule has 0 fully saturated rings. The van der Waals surface area contributed by atoms with Crippen molar-refractivity contribution in [2.75, 3.05) is 33.8 Å². The number of carbonyl (C=O) groups excluding carboxylic acids is 1. The first-order chi connectivity index (χ1) is 9.92. The van der Waals surface area contributed by atoms with Crippen molar-refractivity contribution in [3.05, 3.63) is 22.7 Å². The summed E-state index contributed by atoms with van der Waals surface area (Å²) in [5, 5.41) is 10.6. The lowest BCUT2D eigenvalue weighted by atomic mass is 10.1. The zero-order chi connectivity index (χ0) is 16.0. The highest BCUT2D eigenvalue weighted by Crippen LogP contribution is 2.33. The van der Waals surface area contributed by atoms with E-state index < -0.39 is 0 Å². The molecule has 21 heavy (non-hydrogen) atoms. The van der Waals surface area contributed by atoms with Gasteiger partial charge in [0.2, 0.25) is 5.91 Å². The maximum absolute atomic E-state index is 12.1. The van der Waals surface area contributed by atoms with E-state index in [0.29, 0.717) is 36.0 Å². The smallest absolute Gasteiger partial charge is 0.236 e. The highest BCUT2D eigenvalue weighted by molar-refractivity contribution is 6.30. The molecule has 0 aliphatic heterocycles. The number of ether oxygens (including phenoxy) is 1. The molecular formula is C15H23ClN2O3. The van der Waals surface area contributed by atoms with Gasteiger partial charge >= 0.3 is 0 Å². The lowest BCUT2D eigenvalue weighted by Crippen LogP contribution is -2.38. The largest absolute Gasteiger partial charge is 0.504 e. The molecule has 1 aromatic carbocycles. The lowest BCUT2D eigenvalue weighted by Gasteiger charge is -2.23. The normalized spacial score (nSPS) is 10.8. The number of hydrogen-bond acceptors (Lipinski definition) is 4. The van der Waals surface area contributed by atoms with Crippen LogP contribution < -0.4 is 4.74 Å². The molecule has 1 N–H and O–H groups in total. The highest BCUT2D eigenvalue weighted by Gasteiger charge is 2.16. The molecule has 0 radical (unpaired) electrons. The second kappa shape index (κ2) is 8.10. The fraction of sp³-hybridized carbons (Fsp3) is 0.533. The number of carbonyl (C=O) groups is 1. The SMILES string of the molecule is CCN(CC)C(=O)CN(C)Cc1cc(Cl)cc(OC)c1O. The number of benzene rings is 1. The van der Waals surface area contributed by atoms with E-state index in [9.17, 15) is 9.90 Å². The highest BCUT2D eigenvalue weighted by atomic mass is 35.5. The predicted molar refractivity (Wildman–Crippen MR) is 83.9 cm³/mol. The summed E-state index contributed by atoms with van der Waals surface area (Å²) in [6.45, 7) is 5.99. The van der Waals surface area contributed by atoms with E-state index in [1.807, 2.05) is 25.8 Å². The number of methoxy groups -OCH3 is 1. The number of likely N-dealkylation sites (N-methyl/N-ethyl adjacent to an activating group) is 2. The van der Waals surface area contributed by atoms with Gasteiger partial charge in [-0.2, -0.15) is 0 Å². The number of rotatable bonds is 7. The minimum Gasteiger partial charge on any atom is -0.504 e. The van der Waals surface area contributed by atoms with Crippen molar-refractivity contribution in [2.24, 2.45) is 0 Å². The van der Waals surface area contributed by atoms with Crippen molar-refractivity contribution >= 4 is 17.5 Å². The zero-order valence-corrected chi connectivity index (χ0v) is 13.8. The van der Waals surface area contributed by atoms with Crippen LogP contribution in [0.4, 0.5) is 0 Å². The summed E-state index contributed by atoms with van der Waals surface area (Å²) in [5.74, 6) is 0.459. The van der Waals surface area contributed by atoms with Crippen molar-refractivity contribution in [1.29, 1.82) is 0 Å². The van der Waals surface area contributed by atoms with Crippen LogP contribution in [0.2, 0.25) is 5.02 Å². The van der Waals surface area contributed by atoms with Crippen LogP contribution in [0.5, 0.6) is 11.5 Å². The van der Waals surface area contributed by atoms with Gasteiger partial charge in [0.15, 0.2) is 11.5 Å². The number of phenols is 1. The number of amides is 1. The van der Waals surface area contributed by atoms with Crippen LogP contribution in [-0.4, -0.2) is 54.6 Å². The van der Waals surface area contributed by atoms with Gasteiger partial charge in [0.05, 0.1) is 13.7 Å². The molecule has 0 aliphatic rings. The minimum absolute atomic E-state index is 0.0593. The number of halogens is 1. The molecule has 0 heterocycles. The van der Waals surface area contributed by atoms with E-state index in [2.05, 4.69) is 0 Å². The second-order valence-corrected chi connectivity index (χ2v) is 5.29. The van der Waals surface area contributed by atoms with Crippen molar-refractivity contribution in [3.8, 4) is 11.5 Å². The van der Waals surface area contributed by atoms with E-state index in [0.717, 1.165) is 0 Å². The van der Waals surface area contributed by atoms with Crippen molar-refractivity contribution in [1.82, 2.24) is 9.80 Å². The summed E-state index contributed by atoms with van der Waals surface area (Å²) in [4.78, 5) is 15.7. The van der Waals surface area contributed by atoms with E-state index in [1.54, 1.807) is 17.0 Å². The summed E-state index contributed by atoms with van der Waals surface area (Å²) < 4.78 is 5.07. The van der Waals surface area contributed by atoms with Crippen LogP contribution in [0.1, 0.15) is 19.4 Å². The number of aromatic hydroxyl groups is 1. The van der Waals surface area contributed by atoms with E-state index in [1.165, 1.54) is 7.11 Å². The number of nitrogens with zero attached hydrogens (tertiary/aromatic N) is 2. The van der Waals surface area contributed by atoms with Crippen LogP contribution in [0, 0.1) is 0 Å². The van der Waals surface area contributed by atoms with Crippen molar-refractivity contribution in [3.63, 3.8) is 0 Å². The van der Waals surface area contributed by atoms with Gasteiger partial charge in [-0.05, 0) is 27.0 Å². The molecule has 0 atom stereocenters. The molecule has 1 rings (SSSR count). The van der Waals surface area contributed by atoms with E-state index >= 15 is 0 Å². The Labute approximate surface area is 131 Å². The maximum atomic E-state index is 12.1. The monoisotopic (exact) mass is 314 g/mol. The van der Waals surface area contributed by atoms with E-state index in [-0.39, 0.29) is 18.2 Å². The fourth-order valence-corrected chi connectivity index (χ4v) is 2.39. The van der Waals surface area contributed by atoms with E-state index in [4.69, 9.17) is 16.3 Å². The van der Waals surface area contributed by atoms with Gasteiger partial charge in [0.1, 0.15) is 0 Å². The van der Waals surface area contributed by atoms with Gasteiger partial charge in [0.25, 0.3) is 0 Å². The Hall–Kier alpha value is -1.46. The predicted octanol–water partition coefficient (Wildman–Crippen LogP) is 2.35. The van der Waals surface area contributed by atoms with Gasteiger partial charge in [-0.1, -0.05) is 11.6 Å². The molecule has 0 aliphatic carbocycles. The fourth-order valence-electron chi connectivity index (χ4n) is 2.16. The molecule has 118 valence electrons. The maximum Gasteiger partial charge on any atom is 0.236 e. The number of phenolic OH excluding ortho intramolecular Hbond substituents is 1. The molecule has 0 spiro atoms. The molecule has 0 saturated carbocycles. The minimum atomic E-state index is 0.0593. The van der Waals surface area contributed by atoms with Crippen LogP contribution in [0.25, 0.3) is 0 Å². The molecule has 0 aromatic heterocycles. The van der Waals surface area contributed by atoms with Gasteiger partial charge < -0.3 is 14.7 Å². The van der Waals surface area contributed by atoms with Crippen molar-refractivity contribution in [2.45, 2.75) is 20.4 Å². The summed E-state index contributed by atoms with van der Waals surface area (Å²) in [6, 6.07) is 3.24. The Balaban J connectivity index is 2.77. The topological polar surface area (TPSA) is 53.0 Å². The Morgan fingerprint density at radius 1 is 1.33 bits per heavy atom. The first-order valence-electron chi connectivity index (χ1n) is 6.94. The molecule has 1 amide bonds. The molecule has 6 heteroatoms. The average molecular weight is 315 g/mol. The third kappa shape index (κ3) is 4.79. The van der Waals surface area contributed by atoms with Gasteiger partial charge in [0, 0.05) is 36.3 Å². The Kier molecular flexibility index (Phi) is 6.78. The first kappa shape index (κ1) is 17.6. The summed E-state index contributed by atoms with van der Waals surface area (Å²) >= 11 is 6.00. The van der Waals surface area contributed by atoms with Gasteiger partial charge in [-0.3, -0.25) is 9.69 Å². The Morgan fingerprint density at radius 2 is 1.95 bits per heavy atom. The quantitative estimate of drug-likeness (QED) is 0.839. The summed E-state index contributed by atoms with van der Waals surface area (Å²) in [6.07, 6.45) is 0. The Morgan fingerprint density at radius 3 is 2.48 bits per heavy atom. The average Bonchev–Trinajstić information content (AvgIpc) is 2.43. The molecule has 0 unspecified atom stereocenters. The summed E-state index contributed by atoms with van der Waals surface area (Å²) in [7, 11) is 3.30. The molecular weight excluding hydrogens is 292 g/mol. The lowest BCUT2D eigenvalue weighted by molar-refractivity contribution is -0.131. The van der Waals surface area contributed by atoms with Gasteiger partial charge in [-0.25, -0.2) is 0 Å². The van der Waals surface area contributed by atoms with Gasteiger partial charge in [-0.15, -0.1) is 0 Å². The molecule has 5 nitrogen and oxygen atoms in total. The van der Waals surface area contributed by atoms with Crippen LogP contribution in [0.3, 0.4) is 0 Å². The van der Waals surface area contributed by atoms with Crippen molar-refractivity contribution < 1.29 is 14.6 Å². The Bertz CT molecular complexity index is 490. The first-order valence-corrected chi connectivity index (χ1v) is 7.32. The van der Waals surface area contributed by atoms with Crippen LogP contribution >= 0.6 is 11.6 Å². The van der Waals surface area contributed by atoms with Crippen LogP contribution in [-0.2, 0) is 11.3 Å². The molecule has 1 aromatic rings. The molecule has 0 bridgehead atoms. The number of hydrogen-bond donors (Lipinski definition) is 1. The van der Waals surface area contributed by atoms with Crippen LogP contribution in [0.15, 0.2) is 12.1 Å². The standard InChI is InChI=1S/C15H23ClN2O3/c1-5-18(6-2)14(19)10-17(3)9-11-7-12(16)8-13(21-4)15(11)20/h7-8,20H,5-6,9-10H2,1-4H3. The molecule has 0 saturated heterocycles.